The van der Waals surface area contributed by atoms with Gasteiger partial charge < -0.3 is 15.2 Å². The summed E-state index contributed by atoms with van der Waals surface area (Å²) in [5.74, 6) is 2.35. The second kappa shape index (κ2) is 6.16. The number of aromatic nitrogens is 1. The molecule has 6 heteroatoms. The number of hydrogen-bond acceptors (Lipinski definition) is 6. The minimum Gasteiger partial charge on any atom is -0.493 e. The van der Waals surface area contributed by atoms with Crippen LogP contribution in [0.3, 0.4) is 0 Å². The Labute approximate surface area is 120 Å². The summed E-state index contributed by atoms with van der Waals surface area (Å²) in [6, 6.07) is 5.95. The number of methoxy groups -OCH3 is 2. The smallest absolute Gasteiger partial charge is 0.181 e. The van der Waals surface area contributed by atoms with Gasteiger partial charge >= 0.3 is 0 Å². The zero-order chi connectivity index (χ0) is 13.8. The highest BCUT2D eigenvalue weighted by Crippen LogP contribution is 2.34. The van der Waals surface area contributed by atoms with Gasteiger partial charge in [0.1, 0.15) is 0 Å². The molecule has 102 valence electrons. The third kappa shape index (κ3) is 3.33. The molecule has 0 atom stereocenters. The minimum absolute atomic E-state index is 0.618. The van der Waals surface area contributed by atoms with Gasteiger partial charge in [-0.1, -0.05) is 17.4 Å². The second-order valence-corrected chi connectivity index (χ2v) is 6.18. The van der Waals surface area contributed by atoms with Gasteiger partial charge in [0.25, 0.3) is 0 Å². The molecule has 0 spiro atoms. The summed E-state index contributed by atoms with van der Waals surface area (Å²) in [5.41, 5.74) is 7.86. The number of nitrogens with zero attached hydrogens (tertiary/aromatic N) is 1. The summed E-state index contributed by atoms with van der Waals surface area (Å²) in [7, 11) is 3.28. The number of anilines is 1. The molecule has 0 unspecified atom stereocenters. The lowest BCUT2D eigenvalue weighted by Crippen LogP contribution is -1.91. The van der Waals surface area contributed by atoms with Crippen LogP contribution in [0.1, 0.15) is 11.3 Å². The van der Waals surface area contributed by atoms with Crippen LogP contribution in [0.25, 0.3) is 0 Å². The Kier molecular flexibility index (Phi) is 4.55. The first-order valence-electron chi connectivity index (χ1n) is 5.70. The van der Waals surface area contributed by atoms with E-state index in [0.717, 1.165) is 27.2 Å². The molecule has 19 heavy (non-hydrogen) atoms. The molecule has 0 aliphatic heterocycles. The van der Waals surface area contributed by atoms with E-state index in [9.17, 15) is 0 Å². The van der Waals surface area contributed by atoms with Gasteiger partial charge in [0, 0.05) is 5.75 Å². The van der Waals surface area contributed by atoms with E-state index in [1.807, 2.05) is 25.1 Å². The van der Waals surface area contributed by atoms with Gasteiger partial charge in [-0.2, -0.15) is 0 Å². The number of nitrogen functional groups attached to an aromatic ring is 1. The summed E-state index contributed by atoms with van der Waals surface area (Å²) in [4.78, 5) is 4.22. The SMILES string of the molecule is COc1ccc(CSc2sc(N)nc2C)cc1OC. The molecular weight excluding hydrogens is 280 g/mol. The van der Waals surface area contributed by atoms with Crippen molar-refractivity contribution in [3.63, 3.8) is 0 Å². The first-order chi connectivity index (χ1) is 9.13. The van der Waals surface area contributed by atoms with E-state index >= 15 is 0 Å². The number of benzene rings is 1. The molecule has 1 aromatic carbocycles. The lowest BCUT2D eigenvalue weighted by Gasteiger charge is -2.09. The summed E-state index contributed by atoms with van der Waals surface area (Å²) in [6.07, 6.45) is 0. The second-order valence-electron chi connectivity index (χ2n) is 3.90. The molecule has 0 saturated carbocycles. The van der Waals surface area contributed by atoms with Crippen molar-refractivity contribution >= 4 is 28.2 Å². The van der Waals surface area contributed by atoms with E-state index in [1.54, 1.807) is 26.0 Å². The fraction of sp³-hybridized carbons (Fsp3) is 0.308. The Hall–Kier alpha value is -1.40. The van der Waals surface area contributed by atoms with Crippen LogP contribution in [0.5, 0.6) is 11.5 Å². The Morgan fingerprint density at radius 3 is 2.58 bits per heavy atom. The monoisotopic (exact) mass is 296 g/mol. The van der Waals surface area contributed by atoms with E-state index < -0.39 is 0 Å². The topological polar surface area (TPSA) is 57.4 Å². The van der Waals surface area contributed by atoms with E-state index in [4.69, 9.17) is 15.2 Å². The highest BCUT2D eigenvalue weighted by molar-refractivity contribution is 8.00. The first-order valence-corrected chi connectivity index (χ1v) is 7.51. The lowest BCUT2D eigenvalue weighted by atomic mass is 10.2. The zero-order valence-electron chi connectivity index (χ0n) is 11.1. The van der Waals surface area contributed by atoms with Gasteiger partial charge in [0.15, 0.2) is 16.6 Å². The van der Waals surface area contributed by atoms with Crippen molar-refractivity contribution < 1.29 is 9.47 Å². The van der Waals surface area contributed by atoms with Crippen molar-refractivity contribution in [2.75, 3.05) is 20.0 Å². The molecule has 2 aromatic rings. The quantitative estimate of drug-likeness (QED) is 0.858. The van der Waals surface area contributed by atoms with Crippen LogP contribution in [0.15, 0.2) is 22.4 Å². The van der Waals surface area contributed by atoms with E-state index in [1.165, 1.54) is 16.9 Å². The van der Waals surface area contributed by atoms with E-state index in [-0.39, 0.29) is 0 Å². The standard InChI is InChI=1S/C13H16N2O2S2/c1-8-12(19-13(14)15-8)18-7-9-4-5-10(16-2)11(6-9)17-3/h4-6H,7H2,1-3H3,(H2,14,15). The molecular formula is C13H16N2O2S2. The van der Waals surface area contributed by atoms with Crippen LogP contribution in [0, 0.1) is 6.92 Å². The Morgan fingerprint density at radius 2 is 2.00 bits per heavy atom. The number of hydrogen-bond donors (Lipinski definition) is 1. The zero-order valence-corrected chi connectivity index (χ0v) is 12.7. The number of nitrogens with two attached hydrogens (primary N) is 1. The number of ether oxygens (including phenoxy) is 2. The van der Waals surface area contributed by atoms with Gasteiger partial charge in [-0.15, -0.1) is 11.8 Å². The number of aryl methyl sites for hydroxylation is 1. The largest absolute Gasteiger partial charge is 0.493 e. The van der Waals surface area contributed by atoms with Gasteiger partial charge in [-0.3, -0.25) is 0 Å². The highest BCUT2D eigenvalue weighted by atomic mass is 32.2. The third-order valence-corrected chi connectivity index (χ3v) is 5.01. The Balaban J connectivity index is 2.09. The van der Waals surface area contributed by atoms with Gasteiger partial charge in [0.05, 0.1) is 24.1 Å². The average Bonchev–Trinajstić information content (AvgIpc) is 2.74. The van der Waals surface area contributed by atoms with Crippen molar-refractivity contribution in [1.29, 1.82) is 0 Å². The van der Waals surface area contributed by atoms with Crippen LogP contribution in [-0.2, 0) is 5.75 Å². The third-order valence-electron chi connectivity index (χ3n) is 2.59. The van der Waals surface area contributed by atoms with Crippen molar-refractivity contribution in [2.24, 2.45) is 0 Å². The predicted molar refractivity (Wildman–Crippen MR) is 80.4 cm³/mol. The first kappa shape index (κ1) is 14.0. The van der Waals surface area contributed by atoms with Crippen molar-refractivity contribution in [1.82, 2.24) is 4.98 Å². The molecule has 0 saturated heterocycles. The van der Waals surface area contributed by atoms with Gasteiger partial charge in [0.2, 0.25) is 0 Å². The van der Waals surface area contributed by atoms with Crippen LogP contribution in [0.2, 0.25) is 0 Å². The molecule has 2 N–H and O–H groups in total. The van der Waals surface area contributed by atoms with Gasteiger partial charge in [-0.05, 0) is 24.6 Å². The Morgan fingerprint density at radius 1 is 1.26 bits per heavy atom. The van der Waals surface area contributed by atoms with Crippen molar-refractivity contribution in [3.8, 4) is 11.5 Å². The average molecular weight is 296 g/mol. The normalized spacial score (nSPS) is 10.5. The summed E-state index contributed by atoms with van der Waals surface area (Å²) in [6.45, 7) is 1.98. The van der Waals surface area contributed by atoms with Gasteiger partial charge in [-0.25, -0.2) is 4.98 Å². The van der Waals surface area contributed by atoms with E-state index in [2.05, 4.69) is 4.98 Å². The molecule has 0 bridgehead atoms. The maximum Gasteiger partial charge on any atom is 0.181 e. The highest BCUT2D eigenvalue weighted by Gasteiger charge is 2.08. The lowest BCUT2D eigenvalue weighted by molar-refractivity contribution is 0.354. The summed E-state index contributed by atoms with van der Waals surface area (Å²) < 4.78 is 11.7. The molecule has 4 nitrogen and oxygen atoms in total. The van der Waals surface area contributed by atoms with Crippen LogP contribution >= 0.6 is 23.1 Å². The van der Waals surface area contributed by atoms with E-state index in [0.29, 0.717) is 5.13 Å². The fourth-order valence-electron chi connectivity index (χ4n) is 1.66. The minimum atomic E-state index is 0.618. The number of thioether (sulfide) groups is 1. The Bertz CT molecular complexity index is 570. The fourth-order valence-corrected chi connectivity index (χ4v) is 3.62. The van der Waals surface area contributed by atoms with Crippen molar-refractivity contribution in [3.05, 3.63) is 29.5 Å². The molecule has 1 aromatic heterocycles. The summed E-state index contributed by atoms with van der Waals surface area (Å²) >= 11 is 3.26. The molecule has 0 fully saturated rings. The van der Waals surface area contributed by atoms with Crippen LogP contribution in [0.4, 0.5) is 5.13 Å². The predicted octanol–water partition coefficient (Wildman–Crippen LogP) is 3.34. The molecule has 0 amide bonds. The number of thiazole rings is 1. The summed E-state index contributed by atoms with van der Waals surface area (Å²) in [5, 5.41) is 0.618. The molecule has 0 radical (unpaired) electrons. The maximum absolute atomic E-state index is 5.69. The molecule has 0 aliphatic carbocycles. The molecule has 2 rings (SSSR count). The molecule has 0 aliphatic rings. The number of rotatable bonds is 5. The maximum atomic E-state index is 5.69. The van der Waals surface area contributed by atoms with Crippen LogP contribution < -0.4 is 15.2 Å². The van der Waals surface area contributed by atoms with Crippen molar-refractivity contribution in [2.45, 2.75) is 16.9 Å². The molecule has 1 heterocycles. The van der Waals surface area contributed by atoms with Crippen LogP contribution in [-0.4, -0.2) is 19.2 Å².